The van der Waals surface area contributed by atoms with Crippen LogP contribution in [0.15, 0.2) is 58.1 Å². The minimum absolute atomic E-state index is 0.256. The molecule has 7 nitrogen and oxygen atoms in total. The summed E-state index contributed by atoms with van der Waals surface area (Å²) in [7, 11) is 0. The van der Waals surface area contributed by atoms with Crippen molar-refractivity contribution in [3.05, 3.63) is 63.6 Å². The van der Waals surface area contributed by atoms with Crippen molar-refractivity contribution >= 4 is 26.8 Å². The highest BCUT2D eigenvalue weighted by molar-refractivity contribution is 9.10. The molecule has 0 atom stereocenters. The van der Waals surface area contributed by atoms with Gasteiger partial charge in [-0.25, -0.2) is 5.10 Å². The average Bonchev–Trinajstić information content (AvgIpc) is 3.16. The molecule has 0 unspecified atom stereocenters. The van der Waals surface area contributed by atoms with E-state index in [0.717, 1.165) is 46.3 Å². The first-order valence-corrected chi connectivity index (χ1v) is 11.7. The van der Waals surface area contributed by atoms with Crippen LogP contribution in [0.2, 0.25) is 0 Å². The monoisotopic (exact) mass is 493 g/mol. The number of H-pyrrole nitrogens is 2. The zero-order valence-corrected chi connectivity index (χ0v) is 19.2. The van der Waals surface area contributed by atoms with Gasteiger partial charge in [-0.1, -0.05) is 6.42 Å². The standard InChI is InChI=1S/C24H24BrN5O2/c25-22-18-5-4-17(32-13-12-30-10-2-1-3-11-30)14-21(18)27-23(22)19-15-20(28-29-24(19)31)16-6-8-26-9-7-16/h4-9,14-15,27H,1-3,10-13H2,(H,29,31). The second kappa shape index (κ2) is 9.26. The topological polar surface area (TPSA) is 86.9 Å². The molecule has 5 rings (SSSR count). The Labute approximate surface area is 194 Å². The molecule has 0 amide bonds. The Kier molecular flexibility index (Phi) is 6.05. The summed E-state index contributed by atoms with van der Waals surface area (Å²) < 4.78 is 6.85. The molecule has 8 heteroatoms. The van der Waals surface area contributed by atoms with Gasteiger partial charge < -0.3 is 9.72 Å². The second-order valence-corrected chi connectivity index (χ2v) is 8.80. The van der Waals surface area contributed by atoms with Crippen LogP contribution in [0.4, 0.5) is 0 Å². The van der Waals surface area contributed by atoms with E-state index in [1.165, 1.54) is 19.3 Å². The first kappa shape index (κ1) is 20.9. The lowest BCUT2D eigenvalue weighted by Crippen LogP contribution is -2.33. The predicted octanol–water partition coefficient (Wildman–Crippen LogP) is 4.61. The van der Waals surface area contributed by atoms with Gasteiger partial charge in [0.2, 0.25) is 0 Å². The maximum absolute atomic E-state index is 12.6. The Morgan fingerprint density at radius 1 is 1.06 bits per heavy atom. The van der Waals surface area contributed by atoms with Gasteiger partial charge in [0.25, 0.3) is 5.56 Å². The summed E-state index contributed by atoms with van der Waals surface area (Å²) in [4.78, 5) is 22.5. The number of rotatable bonds is 6. The van der Waals surface area contributed by atoms with Crippen LogP contribution in [0.25, 0.3) is 33.4 Å². The summed E-state index contributed by atoms with van der Waals surface area (Å²) in [6.45, 7) is 3.94. The van der Waals surface area contributed by atoms with Gasteiger partial charge in [-0.15, -0.1) is 0 Å². The molecule has 164 valence electrons. The van der Waals surface area contributed by atoms with Gasteiger partial charge in [0.15, 0.2) is 0 Å². The number of piperidine rings is 1. The second-order valence-electron chi connectivity index (χ2n) is 8.00. The fourth-order valence-corrected chi connectivity index (χ4v) is 4.81. The van der Waals surface area contributed by atoms with E-state index >= 15 is 0 Å². The van der Waals surface area contributed by atoms with Gasteiger partial charge in [-0.2, -0.15) is 5.10 Å². The van der Waals surface area contributed by atoms with Crippen molar-refractivity contribution in [1.29, 1.82) is 0 Å². The lowest BCUT2D eigenvalue weighted by atomic mass is 10.1. The first-order valence-electron chi connectivity index (χ1n) is 10.9. The number of nitrogens with one attached hydrogen (secondary N) is 2. The number of aromatic nitrogens is 4. The van der Waals surface area contributed by atoms with E-state index in [0.29, 0.717) is 23.6 Å². The number of hydrogen-bond donors (Lipinski definition) is 2. The molecule has 1 aliphatic rings. The Hall–Kier alpha value is -2.97. The van der Waals surface area contributed by atoms with Crippen molar-refractivity contribution < 1.29 is 4.74 Å². The van der Waals surface area contributed by atoms with E-state index in [1.54, 1.807) is 18.5 Å². The third-order valence-electron chi connectivity index (χ3n) is 5.88. The molecule has 0 aliphatic carbocycles. The maximum atomic E-state index is 12.6. The van der Waals surface area contributed by atoms with Crippen molar-refractivity contribution in [2.45, 2.75) is 19.3 Å². The van der Waals surface area contributed by atoms with Gasteiger partial charge in [0.05, 0.1) is 26.9 Å². The Balaban J connectivity index is 1.40. The predicted molar refractivity (Wildman–Crippen MR) is 129 cm³/mol. The van der Waals surface area contributed by atoms with Crippen molar-refractivity contribution in [3.8, 4) is 28.3 Å². The number of likely N-dealkylation sites (tertiary alicyclic amines) is 1. The van der Waals surface area contributed by atoms with Crippen molar-refractivity contribution in [2.75, 3.05) is 26.2 Å². The summed E-state index contributed by atoms with van der Waals surface area (Å²) in [5, 5.41) is 7.79. The van der Waals surface area contributed by atoms with Crippen molar-refractivity contribution in [1.82, 2.24) is 25.1 Å². The molecule has 2 N–H and O–H groups in total. The fraction of sp³-hybridized carbons (Fsp3) is 0.292. The smallest absolute Gasteiger partial charge is 0.273 e. The van der Waals surface area contributed by atoms with E-state index in [1.807, 2.05) is 30.3 Å². The molecule has 1 fully saturated rings. The SMILES string of the molecule is O=c1[nH]nc(-c2ccncc2)cc1-c1[nH]c2cc(OCCN3CCCCC3)ccc2c1Br. The lowest BCUT2D eigenvalue weighted by Gasteiger charge is -2.26. The van der Waals surface area contributed by atoms with Gasteiger partial charge in [-0.3, -0.25) is 14.7 Å². The van der Waals surface area contributed by atoms with Crippen LogP contribution >= 0.6 is 15.9 Å². The molecular weight excluding hydrogens is 470 g/mol. The number of ether oxygens (including phenoxy) is 1. The number of halogens is 1. The molecule has 32 heavy (non-hydrogen) atoms. The molecule has 4 heterocycles. The average molecular weight is 494 g/mol. The van der Waals surface area contributed by atoms with E-state index < -0.39 is 0 Å². The normalized spacial score (nSPS) is 14.7. The summed E-state index contributed by atoms with van der Waals surface area (Å²) in [5.74, 6) is 0.816. The van der Waals surface area contributed by atoms with Gasteiger partial charge in [0.1, 0.15) is 12.4 Å². The third kappa shape index (κ3) is 4.33. The molecule has 4 aromatic rings. The Morgan fingerprint density at radius 3 is 2.69 bits per heavy atom. The van der Waals surface area contributed by atoms with E-state index in [4.69, 9.17) is 4.74 Å². The van der Waals surface area contributed by atoms with Crippen LogP contribution in [0.5, 0.6) is 5.75 Å². The van der Waals surface area contributed by atoms with Crippen LogP contribution in [-0.2, 0) is 0 Å². The molecule has 0 saturated carbocycles. The number of aromatic amines is 2. The fourth-order valence-electron chi connectivity index (χ4n) is 4.16. The van der Waals surface area contributed by atoms with E-state index in [9.17, 15) is 4.79 Å². The third-order valence-corrected chi connectivity index (χ3v) is 6.70. The van der Waals surface area contributed by atoms with Crippen LogP contribution < -0.4 is 10.3 Å². The summed E-state index contributed by atoms with van der Waals surface area (Å²) >= 11 is 3.67. The molecule has 0 bridgehead atoms. The molecular formula is C24H24BrN5O2. The van der Waals surface area contributed by atoms with Crippen LogP contribution in [0, 0.1) is 0 Å². The zero-order valence-electron chi connectivity index (χ0n) is 17.6. The molecule has 0 radical (unpaired) electrons. The number of hydrogen-bond acceptors (Lipinski definition) is 5. The minimum Gasteiger partial charge on any atom is -0.492 e. The lowest BCUT2D eigenvalue weighted by molar-refractivity contribution is 0.183. The first-order chi connectivity index (χ1) is 15.7. The zero-order chi connectivity index (χ0) is 21.9. The Morgan fingerprint density at radius 2 is 1.88 bits per heavy atom. The highest BCUT2D eigenvalue weighted by Crippen LogP contribution is 2.35. The van der Waals surface area contributed by atoms with E-state index in [2.05, 4.69) is 41.0 Å². The molecule has 1 aliphatic heterocycles. The van der Waals surface area contributed by atoms with Crippen molar-refractivity contribution in [3.63, 3.8) is 0 Å². The van der Waals surface area contributed by atoms with Crippen LogP contribution in [-0.4, -0.2) is 51.3 Å². The summed E-state index contributed by atoms with van der Waals surface area (Å²) in [6, 6.07) is 11.5. The number of fused-ring (bicyclic) bond motifs is 1. The van der Waals surface area contributed by atoms with Gasteiger partial charge in [0, 0.05) is 36.0 Å². The van der Waals surface area contributed by atoms with Crippen LogP contribution in [0.1, 0.15) is 19.3 Å². The summed E-state index contributed by atoms with van der Waals surface area (Å²) in [5.41, 5.74) is 3.44. The summed E-state index contributed by atoms with van der Waals surface area (Å²) in [6.07, 6.45) is 7.30. The quantitative estimate of drug-likeness (QED) is 0.409. The van der Waals surface area contributed by atoms with Gasteiger partial charge >= 0.3 is 0 Å². The molecule has 0 spiro atoms. The van der Waals surface area contributed by atoms with Crippen LogP contribution in [0.3, 0.4) is 0 Å². The Bertz CT molecular complexity index is 1280. The van der Waals surface area contributed by atoms with Gasteiger partial charge in [-0.05, 0) is 72.2 Å². The number of pyridine rings is 1. The highest BCUT2D eigenvalue weighted by Gasteiger charge is 2.16. The number of nitrogens with zero attached hydrogens (tertiary/aromatic N) is 3. The largest absolute Gasteiger partial charge is 0.492 e. The highest BCUT2D eigenvalue weighted by atomic mass is 79.9. The van der Waals surface area contributed by atoms with Crippen molar-refractivity contribution in [2.24, 2.45) is 0 Å². The molecule has 1 saturated heterocycles. The minimum atomic E-state index is -0.256. The number of benzene rings is 1. The maximum Gasteiger partial charge on any atom is 0.273 e. The molecule has 3 aromatic heterocycles. The van der Waals surface area contributed by atoms with E-state index in [-0.39, 0.29) is 5.56 Å². The molecule has 1 aromatic carbocycles.